The van der Waals surface area contributed by atoms with Crippen LogP contribution < -0.4 is 0 Å². The Morgan fingerprint density at radius 3 is 2.30 bits per heavy atom. The van der Waals surface area contributed by atoms with Crippen LogP contribution in [0.5, 0.6) is 0 Å². The van der Waals surface area contributed by atoms with Crippen LogP contribution in [0.25, 0.3) is 0 Å². The summed E-state index contributed by atoms with van der Waals surface area (Å²) < 4.78 is 0. The second-order valence-corrected chi connectivity index (χ2v) is 3.01. The van der Waals surface area contributed by atoms with Crippen molar-refractivity contribution in [1.82, 2.24) is 0 Å². The van der Waals surface area contributed by atoms with Gasteiger partial charge in [0.2, 0.25) is 0 Å². The first-order valence-electron chi connectivity index (χ1n) is 3.74. The fraction of sp³-hybridized carbons (Fsp3) is 0.556. The normalized spacial score (nSPS) is 23.5. The Morgan fingerprint density at radius 1 is 1.40 bits per heavy atom. The van der Waals surface area contributed by atoms with Crippen molar-refractivity contribution in [3.8, 4) is 0 Å². The monoisotopic (exact) mass is 138 g/mol. The minimum absolute atomic E-state index is 0.220. The third-order valence-corrected chi connectivity index (χ3v) is 2.18. The zero-order valence-electron chi connectivity index (χ0n) is 6.54. The highest BCUT2D eigenvalue weighted by molar-refractivity contribution is 5.21. The molecule has 0 spiro atoms. The first-order chi connectivity index (χ1) is 4.67. The summed E-state index contributed by atoms with van der Waals surface area (Å²) in [6.07, 6.45) is 8.82. The van der Waals surface area contributed by atoms with Crippen molar-refractivity contribution in [3.63, 3.8) is 0 Å². The molecule has 1 unspecified atom stereocenters. The fourth-order valence-electron chi connectivity index (χ4n) is 1.08. The first-order valence-corrected chi connectivity index (χ1v) is 3.74. The molecule has 1 N–H and O–H groups in total. The van der Waals surface area contributed by atoms with E-state index in [4.69, 9.17) is 0 Å². The van der Waals surface area contributed by atoms with E-state index in [2.05, 4.69) is 0 Å². The molecule has 1 rings (SSSR count). The SMILES string of the molecule is CCC(C)(O)C1C=CC=C1. The predicted octanol–water partition coefficient (Wildman–Crippen LogP) is 1.89. The van der Waals surface area contributed by atoms with Crippen molar-refractivity contribution < 1.29 is 5.11 Å². The lowest BCUT2D eigenvalue weighted by molar-refractivity contribution is 0.0315. The van der Waals surface area contributed by atoms with Gasteiger partial charge in [0, 0.05) is 5.92 Å². The number of rotatable bonds is 2. The van der Waals surface area contributed by atoms with E-state index < -0.39 is 5.60 Å². The van der Waals surface area contributed by atoms with Crippen molar-refractivity contribution in [2.45, 2.75) is 25.9 Å². The second-order valence-electron chi connectivity index (χ2n) is 3.01. The van der Waals surface area contributed by atoms with Gasteiger partial charge in [0.05, 0.1) is 5.60 Å². The minimum atomic E-state index is -0.552. The molecule has 0 saturated carbocycles. The Hall–Kier alpha value is -0.560. The maximum atomic E-state index is 9.72. The molecule has 0 aromatic rings. The summed E-state index contributed by atoms with van der Waals surface area (Å²) in [5, 5.41) is 9.72. The molecule has 1 nitrogen and oxygen atoms in total. The highest BCUT2D eigenvalue weighted by atomic mass is 16.3. The molecule has 0 aromatic heterocycles. The topological polar surface area (TPSA) is 20.2 Å². The van der Waals surface area contributed by atoms with Crippen molar-refractivity contribution >= 4 is 0 Å². The molecule has 1 aliphatic carbocycles. The predicted molar refractivity (Wildman–Crippen MR) is 42.7 cm³/mol. The molecule has 0 aromatic carbocycles. The zero-order chi connectivity index (χ0) is 7.61. The molecular weight excluding hydrogens is 124 g/mol. The summed E-state index contributed by atoms with van der Waals surface area (Å²) in [5.74, 6) is 0.220. The Morgan fingerprint density at radius 2 is 1.90 bits per heavy atom. The molecule has 0 aliphatic heterocycles. The third-order valence-electron chi connectivity index (χ3n) is 2.18. The summed E-state index contributed by atoms with van der Waals surface area (Å²) >= 11 is 0. The highest BCUT2D eigenvalue weighted by Crippen LogP contribution is 2.25. The lowest BCUT2D eigenvalue weighted by Crippen LogP contribution is -2.30. The van der Waals surface area contributed by atoms with Gasteiger partial charge >= 0.3 is 0 Å². The lowest BCUT2D eigenvalue weighted by Gasteiger charge is -2.25. The molecule has 56 valence electrons. The molecular formula is C9H14O. The summed E-state index contributed by atoms with van der Waals surface area (Å²) in [7, 11) is 0. The lowest BCUT2D eigenvalue weighted by atomic mass is 9.88. The van der Waals surface area contributed by atoms with Crippen LogP contribution in [0.1, 0.15) is 20.3 Å². The molecule has 10 heavy (non-hydrogen) atoms. The number of allylic oxidation sites excluding steroid dienone is 2. The van der Waals surface area contributed by atoms with Crippen LogP contribution in [0.15, 0.2) is 24.3 Å². The zero-order valence-corrected chi connectivity index (χ0v) is 6.54. The van der Waals surface area contributed by atoms with E-state index in [1.54, 1.807) is 0 Å². The molecule has 0 radical (unpaired) electrons. The van der Waals surface area contributed by atoms with E-state index in [1.165, 1.54) is 0 Å². The molecule has 0 fully saturated rings. The van der Waals surface area contributed by atoms with Crippen LogP contribution >= 0.6 is 0 Å². The Balaban J connectivity index is 2.64. The number of hydrogen-bond acceptors (Lipinski definition) is 1. The molecule has 0 heterocycles. The van der Waals surface area contributed by atoms with Gasteiger partial charge in [-0.15, -0.1) is 0 Å². The van der Waals surface area contributed by atoms with Gasteiger partial charge in [-0.3, -0.25) is 0 Å². The maximum absolute atomic E-state index is 9.72. The van der Waals surface area contributed by atoms with E-state index in [9.17, 15) is 5.11 Å². The average molecular weight is 138 g/mol. The van der Waals surface area contributed by atoms with Gasteiger partial charge in [-0.2, -0.15) is 0 Å². The summed E-state index contributed by atoms with van der Waals surface area (Å²) in [5.41, 5.74) is -0.552. The summed E-state index contributed by atoms with van der Waals surface area (Å²) in [4.78, 5) is 0. The largest absolute Gasteiger partial charge is 0.389 e. The molecule has 0 saturated heterocycles. The minimum Gasteiger partial charge on any atom is -0.389 e. The smallest absolute Gasteiger partial charge is 0.0714 e. The van der Waals surface area contributed by atoms with Gasteiger partial charge in [-0.1, -0.05) is 31.2 Å². The van der Waals surface area contributed by atoms with Crippen LogP contribution in [0.2, 0.25) is 0 Å². The van der Waals surface area contributed by atoms with Crippen molar-refractivity contribution in [2.75, 3.05) is 0 Å². The van der Waals surface area contributed by atoms with Crippen LogP contribution in [-0.2, 0) is 0 Å². The average Bonchev–Trinajstić information content (AvgIpc) is 2.38. The number of hydrogen-bond donors (Lipinski definition) is 1. The van der Waals surface area contributed by atoms with Gasteiger partial charge in [-0.05, 0) is 13.3 Å². The van der Waals surface area contributed by atoms with Gasteiger partial charge in [0.25, 0.3) is 0 Å². The van der Waals surface area contributed by atoms with Crippen LogP contribution in [0.4, 0.5) is 0 Å². The molecule has 0 bridgehead atoms. The van der Waals surface area contributed by atoms with Crippen molar-refractivity contribution in [2.24, 2.45) is 5.92 Å². The molecule has 1 heteroatoms. The Kier molecular flexibility index (Phi) is 1.95. The molecule has 1 atom stereocenters. The maximum Gasteiger partial charge on any atom is 0.0714 e. The fourth-order valence-corrected chi connectivity index (χ4v) is 1.08. The van der Waals surface area contributed by atoms with E-state index in [1.807, 2.05) is 38.2 Å². The van der Waals surface area contributed by atoms with E-state index in [0.29, 0.717) is 0 Å². The standard InChI is InChI=1S/C9H14O/c1-3-9(2,10)8-6-4-5-7-8/h4-8,10H,3H2,1-2H3. The third kappa shape index (κ3) is 1.29. The quantitative estimate of drug-likeness (QED) is 0.617. The molecule has 0 amide bonds. The summed E-state index contributed by atoms with van der Waals surface area (Å²) in [6.45, 7) is 3.87. The van der Waals surface area contributed by atoms with Gasteiger partial charge in [0.1, 0.15) is 0 Å². The molecule has 1 aliphatic rings. The van der Waals surface area contributed by atoms with E-state index in [0.717, 1.165) is 6.42 Å². The summed E-state index contributed by atoms with van der Waals surface area (Å²) in [6, 6.07) is 0. The second kappa shape index (κ2) is 2.59. The first kappa shape index (κ1) is 7.55. The van der Waals surface area contributed by atoms with Gasteiger partial charge in [0.15, 0.2) is 0 Å². The van der Waals surface area contributed by atoms with E-state index in [-0.39, 0.29) is 5.92 Å². The highest BCUT2D eigenvalue weighted by Gasteiger charge is 2.26. The Bertz CT molecular complexity index is 154. The van der Waals surface area contributed by atoms with Crippen LogP contribution in [-0.4, -0.2) is 10.7 Å². The van der Waals surface area contributed by atoms with Crippen molar-refractivity contribution in [1.29, 1.82) is 0 Å². The Labute approximate surface area is 62.1 Å². The van der Waals surface area contributed by atoms with Crippen LogP contribution in [0.3, 0.4) is 0 Å². The van der Waals surface area contributed by atoms with Gasteiger partial charge < -0.3 is 5.11 Å². The van der Waals surface area contributed by atoms with Crippen molar-refractivity contribution in [3.05, 3.63) is 24.3 Å². The van der Waals surface area contributed by atoms with E-state index >= 15 is 0 Å². The van der Waals surface area contributed by atoms with Crippen LogP contribution in [0, 0.1) is 5.92 Å². The number of aliphatic hydroxyl groups is 1. The van der Waals surface area contributed by atoms with Gasteiger partial charge in [-0.25, -0.2) is 0 Å².